The second-order valence-corrected chi connectivity index (χ2v) is 7.27. The molecule has 0 aromatic heterocycles. The highest BCUT2D eigenvalue weighted by molar-refractivity contribution is 9.10. The van der Waals surface area contributed by atoms with Gasteiger partial charge in [-0.05, 0) is 70.4 Å². The highest BCUT2D eigenvalue weighted by Crippen LogP contribution is 2.37. The molecule has 0 aliphatic rings. The van der Waals surface area contributed by atoms with Crippen molar-refractivity contribution in [3.63, 3.8) is 0 Å². The number of benzene rings is 3. The summed E-state index contributed by atoms with van der Waals surface area (Å²) >= 11 is 3.53. The number of nitrogens with one attached hydrogen (secondary N) is 1. The molecule has 0 aliphatic carbocycles. The minimum atomic E-state index is -0.433. The van der Waals surface area contributed by atoms with E-state index in [1.165, 1.54) is 24.3 Å². The van der Waals surface area contributed by atoms with Gasteiger partial charge in [-0.1, -0.05) is 12.1 Å². The van der Waals surface area contributed by atoms with Crippen LogP contribution < -0.4 is 14.8 Å². The summed E-state index contributed by atoms with van der Waals surface area (Å²) in [6.45, 7) is 3.03. The average Bonchev–Trinajstić information content (AvgIpc) is 2.72. The molecule has 30 heavy (non-hydrogen) atoms. The minimum Gasteiger partial charge on any atom is -0.490 e. The van der Waals surface area contributed by atoms with Gasteiger partial charge in [0.15, 0.2) is 11.5 Å². The van der Waals surface area contributed by atoms with E-state index >= 15 is 0 Å². The van der Waals surface area contributed by atoms with Gasteiger partial charge < -0.3 is 14.8 Å². The van der Waals surface area contributed by atoms with Crippen LogP contribution in [0.5, 0.6) is 11.5 Å². The van der Waals surface area contributed by atoms with Crippen LogP contribution in [0.2, 0.25) is 0 Å². The van der Waals surface area contributed by atoms with Gasteiger partial charge in [0.05, 0.1) is 16.0 Å². The van der Waals surface area contributed by atoms with Gasteiger partial charge in [0.2, 0.25) is 0 Å². The first-order chi connectivity index (χ1) is 14.5. The summed E-state index contributed by atoms with van der Waals surface area (Å²) in [5, 5.41) is 14.0. The van der Waals surface area contributed by atoms with Gasteiger partial charge >= 0.3 is 0 Å². The van der Waals surface area contributed by atoms with Gasteiger partial charge in [-0.15, -0.1) is 0 Å². The Kier molecular flexibility index (Phi) is 7.24. The second-order valence-electron chi connectivity index (χ2n) is 6.41. The monoisotopic (exact) mass is 474 g/mol. The van der Waals surface area contributed by atoms with Gasteiger partial charge in [0, 0.05) is 24.4 Å². The molecule has 1 N–H and O–H groups in total. The van der Waals surface area contributed by atoms with E-state index in [4.69, 9.17) is 9.47 Å². The van der Waals surface area contributed by atoms with Crippen molar-refractivity contribution in [2.75, 3.05) is 11.9 Å². The summed E-state index contributed by atoms with van der Waals surface area (Å²) in [7, 11) is 0. The number of ether oxygens (including phenoxy) is 2. The van der Waals surface area contributed by atoms with E-state index in [2.05, 4.69) is 21.2 Å². The van der Waals surface area contributed by atoms with Crippen molar-refractivity contribution in [3.05, 3.63) is 92.2 Å². The topological polar surface area (TPSA) is 73.6 Å². The van der Waals surface area contributed by atoms with Crippen LogP contribution >= 0.6 is 15.9 Å². The molecule has 0 bridgehead atoms. The van der Waals surface area contributed by atoms with Gasteiger partial charge in [0.25, 0.3) is 5.69 Å². The zero-order valence-corrected chi connectivity index (χ0v) is 17.8. The van der Waals surface area contributed by atoms with Crippen molar-refractivity contribution < 1.29 is 18.8 Å². The standard InChI is InChI=1S/C22H20BrFN2O4/c1-2-29-21-12-16(13-25-18-6-8-19(9-7-18)26(27)28)11-20(23)22(21)30-14-15-4-3-5-17(24)10-15/h3-12,25H,2,13-14H2,1H3. The first kappa shape index (κ1) is 21.6. The summed E-state index contributed by atoms with van der Waals surface area (Å²) in [5.41, 5.74) is 2.46. The number of hydrogen-bond donors (Lipinski definition) is 1. The van der Waals surface area contributed by atoms with Gasteiger partial charge in [0.1, 0.15) is 12.4 Å². The molecule has 0 unspecified atom stereocenters. The second kappa shape index (κ2) is 10.1. The molecule has 0 aliphatic heterocycles. The van der Waals surface area contributed by atoms with E-state index in [0.717, 1.165) is 11.3 Å². The van der Waals surface area contributed by atoms with Crippen molar-refractivity contribution in [1.29, 1.82) is 0 Å². The molecule has 8 heteroatoms. The Morgan fingerprint density at radius 3 is 2.50 bits per heavy atom. The Balaban J connectivity index is 1.72. The Labute approximate surface area is 181 Å². The molecular formula is C22H20BrFN2O4. The number of rotatable bonds is 9. The zero-order valence-electron chi connectivity index (χ0n) is 16.2. The van der Waals surface area contributed by atoms with Gasteiger partial charge in [-0.25, -0.2) is 4.39 Å². The maximum atomic E-state index is 13.4. The minimum absolute atomic E-state index is 0.0433. The fraction of sp³-hybridized carbons (Fsp3) is 0.182. The molecule has 0 saturated carbocycles. The van der Waals surface area contributed by atoms with Crippen LogP contribution in [0, 0.1) is 15.9 Å². The Morgan fingerprint density at radius 1 is 1.07 bits per heavy atom. The van der Waals surface area contributed by atoms with Crippen molar-refractivity contribution in [2.45, 2.75) is 20.1 Å². The molecule has 156 valence electrons. The average molecular weight is 475 g/mol. The van der Waals surface area contributed by atoms with Crippen LogP contribution in [0.1, 0.15) is 18.1 Å². The van der Waals surface area contributed by atoms with E-state index in [0.29, 0.717) is 34.7 Å². The van der Waals surface area contributed by atoms with Crippen LogP contribution in [-0.2, 0) is 13.2 Å². The third-order valence-electron chi connectivity index (χ3n) is 4.22. The molecular weight excluding hydrogens is 455 g/mol. The number of anilines is 1. The molecule has 0 saturated heterocycles. The Bertz CT molecular complexity index is 1030. The lowest BCUT2D eigenvalue weighted by Crippen LogP contribution is -2.04. The SMILES string of the molecule is CCOc1cc(CNc2ccc([N+](=O)[O-])cc2)cc(Br)c1OCc1cccc(F)c1. The fourth-order valence-corrected chi connectivity index (χ4v) is 3.42. The van der Waals surface area contributed by atoms with Crippen LogP contribution in [0.15, 0.2) is 65.1 Å². The maximum Gasteiger partial charge on any atom is 0.269 e. The molecule has 0 spiro atoms. The summed E-state index contributed by atoms with van der Waals surface area (Å²) in [6, 6.07) is 16.2. The van der Waals surface area contributed by atoms with E-state index in [-0.39, 0.29) is 18.1 Å². The maximum absolute atomic E-state index is 13.4. The number of non-ortho nitro benzene ring substituents is 1. The third-order valence-corrected chi connectivity index (χ3v) is 4.81. The number of nitro groups is 1. The quantitative estimate of drug-likeness (QED) is 0.300. The molecule has 0 radical (unpaired) electrons. The summed E-state index contributed by atoms with van der Waals surface area (Å²) < 4.78 is 25.7. The first-order valence-corrected chi connectivity index (χ1v) is 10.1. The summed E-state index contributed by atoms with van der Waals surface area (Å²) in [5.74, 6) is 0.803. The predicted octanol–water partition coefficient (Wildman–Crippen LogP) is 6.09. The lowest BCUT2D eigenvalue weighted by Gasteiger charge is -2.16. The van der Waals surface area contributed by atoms with Crippen molar-refractivity contribution in [1.82, 2.24) is 0 Å². The fourth-order valence-electron chi connectivity index (χ4n) is 2.81. The molecule has 3 aromatic carbocycles. The van der Waals surface area contributed by atoms with E-state index in [1.54, 1.807) is 24.3 Å². The van der Waals surface area contributed by atoms with E-state index in [9.17, 15) is 14.5 Å². The van der Waals surface area contributed by atoms with Crippen LogP contribution in [-0.4, -0.2) is 11.5 Å². The molecule has 0 atom stereocenters. The molecule has 3 aromatic rings. The van der Waals surface area contributed by atoms with Gasteiger partial charge in [-0.3, -0.25) is 10.1 Å². The van der Waals surface area contributed by atoms with Crippen molar-refractivity contribution in [3.8, 4) is 11.5 Å². The van der Waals surface area contributed by atoms with Gasteiger partial charge in [-0.2, -0.15) is 0 Å². The Hall–Kier alpha value is -3.13. The summed E-state index contributed by atoms with van der Waals surface area (Å²) in [4.78, 5) is 10.3. The molecule has 0 fully saturated rings. The highest BCUT2D eigenvalue weighted by Gasteiger charge is 2.13. The summed E-state index contributed by atoms with van der Waals surface area (Å²) in [6.07, 6.45) is 0. The van der Waals surface area contributed by atoms with Crippen molar-refractivity contribution in [2.24, 2.45) is 0 Å². The predicted molar refractivity (Wildman–Crippen MR) is 116 cm³/mol. The molecule has 0 amide bonds. The number of nitro benzene ring substituents is 1. The number of nitrogens with zero attached hydrogens (tertiary/aromatic N) is 1. The largest absolute Gasteiger partial charge is 0.490 e. The third kappa shape index (κ3) is 5.70. The smallest absolute Gasteiger partial charge is 0.269 e. The van der Waals surface area contributed by atoms with Crippen molar-refractivity contribution >= 4 is 27.3 Å². The molecule has 3 rings (SSSR count). The van der Waals surface area contributed by atoms with Crippen LogP contribution in [0.3, 0.4) is 0 Å². The molecule has 0 heterocycles. The number of halogens is 2. The normalized spacial score (nSPS) is 10.5. The molecule has 6 nitrogen and oxygen atoms in total. The zero-order chi connectivity index (χ0) is 21.5. The first-order valence-electron chi connectivity index (χ1n) is 9.27. The number of hydrogen-bond acceptors (Lipinski definition) is 5. The highest BCUT2D eigenvalue weighted by atomic mass is 79.9. The lowest BCUT2D eigenvalue weighted by atomic mass is 10.2. The lowest BCUT2D eigenvalue weighted by molar-refractivity contribution is -0.384. The van der Waals surface area contributed by atoms with E-state index < -0.39 is 4.92 Å². The van der Waals surface area contributed by atoms with Crippen LogP contribution in [0.25, 0.3) is 0 Å². The van der Waals surface area contributed by atoms with Crippen LogP contribution in [0.4, 0.5) is 15.8 Å². The Morgan fingerprint density at radius 2 is 1.83 bits per heavy atom. The van der Waals surface area contributed by atoms with E-state index in [1.807, 2.05) is 19.1 Å².